The Kier molecular flexibility index (Phi) is 5.81. The third-order valence-electron chi connectivity index (χ3n) is 4.68. The van der Waals surface area contributed by atoms with Crippen LogP contribution in [0.25, 0.3) is 21.9 Å². The maximum Gasteiger partial charge on any atom is 0.374 e. The van der Waals surface area contributed by atoms with Crippen molar-refractivity contribution in [3.8, 4) is 0 Å². The fourth-order valence-electron chi connectivity index (χ4n) is 3.39. The van der Waals surface area contributed by atoms with E-state index in [0.717, 1.165) is 10.9 Å². The Morgan fingerprint density at radius 1 is 1.03 bits per heavy atom. The largest absolute Gasteiger partial charge is 0.455 e. The van der Waals surface area contributed by atoms with Crippen molar-refractivity contribution in [3.05, 3.63) is 75.8 Å². The second kappa shape index (κ2) is 8.69. The maximum atomic E-state index is 12.8. The lowest BCUT2D eigenvalue weighted by Gasteiger charge is -2.08. The molecule has 0 atom stereocenters. The van der Waals surface area contributed by atoms with Crippen LogP contribution in [0.4, 0.5) is 5.69 Å². The van der Waals surface area contributed by atoms with Gasteiger partial charge in [0.15, 0.2) is 0 Å². The van der Waals surface area contributed by atoms with Crippen molar-refractivity contribution in [3.63, 3.8) is 0 Å². The average molecular weight is 437 g/mol. The highest BCUT2D eigenvalue weighted by Crippen LogP contribution is 2.30. The average Bonchev–Trinajstić information content (AvgIpc) is 3.10. The zero-order valence-corrected chi connectivity index (χ0v) is 17.7. The number of benzene rings is 2. The number of hydrogen-bond donors (Lipinski definition) is 1. The van der Waals surface area contributed by atoms with Gasteiger partial charge in [-0.05, 0) is 24.5 Å². The lowest BCUT2D eigenvalue weighted by molar-refractivity contribution is -0.114. The normalized spacial score (nSPS) is 11.0. The van der Waals surface area contributed by atoms with Gasteiger partial charge < -0.3 is 18.9 Å². The van der Waals surface area contributed by atoms with Crippen molar-refractivity contribution in [2.24, 2.45) is 0 Å². The van der Waals surface area contributed by atoms with Crippen LogP contribution in [0, 0.1) is 0 Å². The van der Waals surface area contributed by atoms with Crippen LogP contribution in [0.3, 0.4) is 0 Å². The molecule has 0 bridgehead atoms. The van der Waals surface area contributed by atoms with Gasteiger partial charge in [-0.2, -0.15) is 11.8 Å². The van der Waals surface area contributed by atoms with E-state index in [4.69, 9.17) is 13.6 Å². The van der Waals surface area contributed by atoms with Crippen LogP contribution < -0.4 is 10.9 Å². The monoisotopic (exact) mass is 437 g/mol. The Balaban J connectivity index is 1.63. The molecule has 158 valence electrons. The Hall–Kier alpha value is -3.52. The second-order valence-corrected chi connectivity index (χ2v) is 7.76. The van der Waals surface area contributed by atoms with Crippen LogP contribution in [0.2, 0.25) is 0 Å². The SMILES string of the molecule is CSCc1c(C(=O)OCc2cc(=O)oc3cc(NC(C)=O)ccc23)oc2ccccc12. The van der Waals surface area contributed by atoms with Crippen LogP contribution >= 0.6 is 11.8 Å². The fourth-order valence-corrected chi connectivity index (χ4v) is 3.97. The van der Waals surface area contributed by atoms with Crippen molar-refractivity contribution in [1.82, 2.24) is 0 Å². The number of carbonyl (C=O) groups excluding carboxylic acids is 2. The highest BCUT2D eigenvalue weighted by molar-refractivity contribution is 7.97. The molecule has 0 fully saturated rings. The Morgan fingerprint density at radius 2 is 1.84 bits per heavy atom. The minimum atomic E-state index is -0.600. The number of hydrogen-bond acceptors (Lipinski definition) is 7. The Labute approximate surface area is 181 Å². The van der Waals surface area contributed by atoms with Gasteiger partial charge in [0.2, 0.25) is 11.7 Å². The molecular formula is C23H19NO6S. The van der Waals surface area contributed by atoms with Gasteiger partial charge in [-0.1, -0.05) is 18.2 Å². The van der Waals surface area contributed by atoms with E-state index in [0.29, 0.717) is 28.0 Å². The molecule has 4 aromatic rings. The molecule has 0 radical (unpaired) electrons. The van der Waals surface area contributed by atoms with Crippen molar-refractivity contribution >= 4 is 51.3 Å². The minimum Gasteiger partial charge on any atom is -0.455 e. The Morgan fingerprint density at radius 3 is 2.61 bits per heavy atom. The molecule has 31 heavy (non-hydrogen) atoms. The van der Waals surface area contributed by atoms with Crippen LogP contribution in [-0.2, 0) is 21.9 Å². The summed E-state index contributed by atoms with van der Waals surface area (Å²) in [5.41, 5.74) is 2.11. The summed E-state index contributed by atoms with van der Waals surface area (Å²) in [5.74, 6) is -0.0727. The Bertz CT molecular complexity index is 1350. The van der Waals surface area contributed by atoms with Crippen LogP contribution in [0.15, 0.2) is 62.2 Å². The van der Waals surface area contributed by atoms with Gasteiger partial charge in [0.05, 0.1) is 0 Å². The van der Waals surface area contributed by atoms with Crippen LogP contribution in [0.1, 0.15) is 28.6 Å². The number of fused-ring (bicyclic) bond motifs is 2. The summed E-state index contributed by atoms with van der Waals surface area (Å²) >= 11 is 1.58. The van der Waals surface area contributed by atoms with Gasteiger partial charge in [-0.15, -0.1) is 0 Å². The molecule has 0 aliphatic rings. The summed E-state index contributed by atoms with van der Waals surface area (Å²) < 4.78 is 16.5. The quantitative estimate of drug-likeness (QED) is 0.344. The van der Waals surface area contributed by atoms with E-state index in [2.05, 4.69) is 5.32 Å². The summed E-state index contributed by atoms with van der Waals surface area (Å²) in [6.07, 6.45) is 1.95. The zero-order chi connectivity index (χ0) is 22.0. The molecule has 0 spiro atoms. The van der Waals surface area contributed by atoms with Crippen LogP contribution in [0.5, 0.6) is 0 Å². The van der Waals surface area contributed by atoms with Crippen molar-refractivity contribution in [2.45, 2.75) is 19.3 Å². The standard InChI is InChI=1S/C23H19NO6S/c1-13(25)24-15-7-8-16-14(9-21(26)29-20(16)10-15)11-28-23(27)22-18(12-31-2)17-5-3-4-6-19(17)30-22/h3-10H,11-12H2,1-2H3,(H,24,25). The van der Waals surface area contributed by atoms with E-state index in [-0.39, 0.29) is 23.9 Å². The predicted octanol–water partition coefficient (Wildman–Crippen LogP) is 4.72. The number of thioether (sulfide) groups is 1. The van der Waals surface area contributed by atoms with Crippen molar-refractivity contribution < 1.29 is 23.2 Å². The van der Waals surface area contributed by atoms with Gasteiger partial charge in [0.25, 0.3) is 0 Å². The molecular weight excluding hydrogens is 418 g/mol. The van der Waals surface area contributed by atoms with Crippen molar-refractivity contribution in [1.29, 1.82) is 0 Å². The number of para-hydroxylation sites is 1. The first kappa shape index (κ1) is 20.7. The fraction of sp³-hybridized carbons (Fsp3) is 0.174. The minimum absolute atomic E-state index is 0.129. The number of anilines is 1. The van der Waals surface area contributed by atoms with E-state index in [1.807, 2.05) is 24.5 Å². The van der Waals surface area contributed by atoms with Gasteiger partial charge in [-0.3, -0.25) is 4.79 Å². The third-order valence-corrected chi connectivity index (χ3v) is 5.26. The number of amides is 1. The summed E-state index contributed by atoms with van der Waals surface area (Å²) in [6, 6.07) is 13.7. The maximum absolute atomic E-state index is 12.8. The summed E-state index contributed by atoms with van der Waals surface area (Å²) in [4.78, 5) is 36.1. The number of esters is 1. The highest BCUT2D eigenvalue weighted by Gasteiger charge is 2.22. The highest BCUT2D eigenvalue weighted by atomic mass is 32.2. The number of furan rings is 1. The molecule has 0 saturated heterocycles. The molecule has 2 aromatic carbocycles. The number of ether oxygens (including phenoxy) is 1. The van der Waals surface area contributed by atoms with Gasteiger partial charge in [0, 0.05) is 52.4 Å². The van der Waals surface area contributed by atoms with Gasteiger partial charge >= 0.3 is 11.6 Å². The molecule has 1 N–H and O–H groups in total. The first-order chi connectivity index (χ1) is 15.0. The topological polar surface area (TPSA) is 98.8 Å². The van der Waals surface area contributed by atoms with E-state index in [1.54, 1.807) is 36.0 Å². The van der Waals surface area contributed by atoms with E-state index < -0.39 is 11.6 Å². The van der Waals surface area contributed by atoms with Gasteiger partial charge in [0.1, 0.15) is 17.8 Å². The molecule has 8 heteroatoms. The number of rotatable bonds is 6. The third kappa shape index (κ3) is 4.34. The predicted molar refractivity (Wildman–Crippen MR) is 119 cm³/mol. The summed E-state index contributed by atoms with van der Waals surface area (Å²) in [6.45, 7) is 1.26. The van der Waals surface area contributed by atoms with E-state index >= 15 is 0 Å². The summed E-state index contributed by atoms with van der Waals surface area (Å²) in [7, 11) is 0. The molecule has 1 amide bonds. The molecule has 0 unspecified atom stereocenters. The van der Waals surface area contributed by atoms with Crippen molar-refractivity contribution in [2.75, 3.05) is 11.6 Å². The molecule has 0 aliphatic carbocycles. The molecule has 0 saturated carbocycles. The second-order valence-electron chi connectivity index (χ2n) is 6.90. The van der Waals surface area contributed by atoms with Crippen LogP contribution in [-0.4, -0.2) is 18.1 Å². The molecule has 0 aliphatic heterocycles. The lowest BCUT2D eigenvalue weighted by atomic mass is 10.1. The summed E-state index contributed by atoms with van der Waals surface area (Å²) in [5, 5.41) is 4.12. The smallest absolute Gasteiger partial charge is 0.374 e. The first-order valence-electron chi connectivity index (χ1n) is 9.47. The molecule has 4 rings (SSSR count). The molecule has 7 nitrogen and oxygen atoms in total. The number of nitrogens with one attached hydrogen (secondary N) is 1. The van der Waals surface area contributed by atoms with Gasteiger partial charge in [-0.25, -0.2) is 9.59 Å². The molecule has 2 heterocycles. The first-order valence-corrected chi connectivity index (χ1v) is 10.9. The molecule has 2 aromatic heterocycles. The van der Waals surface area contributed by atoms with E-state index in [9.17, 15) is 14.4 Å². The zero-order valence-electron chi connectivity index (χ0n) is 16.9. The lowest BCUT2D eigenvalue weighted by Crippen LogP contribution is -2.09. The van der Waals surface area contributed by atoms with E-state index in [1.165, 1.54) is 13.0 Å². The number of carbonyl (C=O) groups is 2.